The molecule has 2 aliphatic heterocycles. The molecule has 2 aromatic rings. The standard InChI is InChI=1S/C23H26ClN3O6S/c1-14(21(28)26-9-6-15(7-10-26)23(30)31)27-11-8-20(22(27)29)25-34(32,33)19-5-3-16-12-18(24)4-2-17(16)13-19/h2-5,12-15,20,25H,6-11H2,1H3,(H,30,31)/t14-,20-/m0/s1. The Morgan fingerprint density at radius 2 is 1.71 bits per heavy atom. The first kappa shape index (κ1) is 24.4. The van der Waals surface area contributed by atoms with E-state index < -0.39 is 39.9 Å². The monoisotopic (exact) mass is 507 g/mol. The zero-order valence-corrected chi connectivity index (χ0v) is 20.2. The predicted molar refractivity (Wildman–Crippen MR) is 126 cm³/mol. The van der Waals surface area contributed by atoms with E-state index in [0.717, 1.165) is 5.39 Å². The summed E-state index contributed by atoms with van der Waals surface area (Å²) in [4.78, 5) is 40.0. The van der Waals surface area contributed by atoms with Gasteiger partial charge in [-0.05, 0) is 61.2 Å². The first-order chi connectivity index (χ1) is 16.1. The lowest BCUT2D eigenvalue weighted by Gasteiger charge is -2.34. The smallest absolute Gasteiger partial charge is 0.306 e. The van der Waals surface area contributed by atoms with Gasteiger partial charge in [0.2, 0.25) is 21.8 Å². The van der Waals surface area contributed by atoms with Gasteiger partial charge in [0.15, 0.2) is 0 Å². The third-order valence-electron chi connectivity index (χ3n) is 6.60. The maximum atomic E-state index is 13.0. The second kappa shape index (κ2) is 9.52. The highest BCUT2D eigenvalue weighted by Crippen LogP contribution is 2.25. The molecule has 2 heterocycles. The Bertz CT molecular complexity index is 1240. The maximum absolute atomic E-state index is 13.0. The summed E-state index contributed by atoms with van der Waals surface area (Å²) in [6.07, 6.45) is 1.00. The van der Waals surface area contributed by atoms with Gasteiger partial charge in [-0.1, -0.05) is 23.7 Å². The normalized spacial score (nSPS) is 20.6. The van der Waals surface area contributed by atoms with Crippen molar-refractivity contribution in [1.29, 1.82) is 0 Å². The molecule has 4 rings (SSSR count). The van der Waals surface area contributed by atoms with Gasteiger partial charge in [0.05, 0.1) is 10.8 Å². The Labute approximate surface area is 202 Å². The quantitative estimate of drug-likeness (QED) is 0.617. The number of carbonyl (C=O) groups excluding carboxylic acids is 2. The molecule has 0 aliphatic carbocycles. The van der Waals surface area contributed by atoms with Gasteiger partial charge in [0.25, 0.3) is 0 Å². The van der Waals surface area contributed by atoms with Crippen LogP contribution in [-0.2, 0) is 24.4 Å². The molecule has 34 heavy (non-hydrogen) atoms. The van der Waals surface area contributed by atoms with Crippen LogP contribution >= 0.6 is 11.6 Å². The molecule has 2 aromatic carbocycles. The lowest BCUT2D eigenvalue weighted by atomic mass is 9.96. The minimum Gasteiger partial charge on any atom is -0.481 e. The molecule has 2 amide bonds. The number of carboxylic acid groups (broad SMARTS) is 1. The second-order valence-corrected chi connectivity index (χ2v) is 10.9. The van der Waals surface area contributed by atoms with Gasteiger partial charge in [-0.2, -0.15) is 4.72 Å². The van der Waals surface area contributed by atoms with Crippen LogP contribution in [0.1, 0.15) is 26.2 Å². The van der Waals surface area contributed by atoms with E-state index in [4.69, 9.17) is 16.7 Å². The summed E-state index contributed by atoms with van der Waals surface area (Å²) in [5.41, 5.74) is 0. The average Bonchev–Trinajstić information content (AvgIpc) is 3.17. The number of piperidine rings is 1. The molecule has 11 heteroatoms. The average molecular weight is 508 g/mol. The van der Waals surface area contributed by atoms with Gasteiger partial charge < -0.3 is 14.9 Å². The van der Waals surface area contributed by atoms with E-state index in [0.29, 0.717) is 36.3 Å². The Hall–Kier alpha value is -2.69. The van der Waals surface area contributed by atoms with E-state index in [-0.39, 0.29) is 23.8 Å². The van der Waals surface area contributed by atoms with Crippen molar-refractivity contribution in [2.75, 3.05) is 19.6 Å². The Balaban J connectivity index is 1.41. The SMILES string of the molecule is C[C@@H](C(=O)N1CCC(C(=O)O)CC1)N1CC[C@H](NS(=O)(=O)c2ccc3cc(Cl)ccc3c2)C1=O. The van der Waals surface area contributed by atoms with Gasteiger partial charge >= 0.3 is 5.97 Å². The highest BCUT2D eigenvalue weighted by atomic mass is 35.5. The molecule has 0 unspecified atom stereocenters. The number of rotatable bonds is 6. The molecule has 2 N–H and O–H groups in total. The topological polar surface area (TPSA) is 124 Å². The van der Waals surface area contributed by atoms with Crippen molar-refractivity contribution in [3.05, 3.63) is 41.4 Å². The van der Waals surface area contributed by atoms with Crippen molar-refractivity contribution in [1.82, 2.24) is 14.5 Å². The minimum absolute atomic E-state index is 0.0407. The predicted octanol–water partition coefficient (Wildman–Crippen LogP) is 2.08. The molecule has 2 saturated heterocycles. The summed E-state index contributed by atoms with van der Waals surface area (Å²) in [5.74, 6) is -2.02. The van der Waals surface area contributed by atoms with Crippen molar-refractivity contribution < 1.29 is 27.9 Å². The van der Waals surface area contributed by atoms with E-state index in [9.17, 15) is 22.8 Å². The summed E-state index contributed by atoms with van der Waals surface area (Å²) in [5, 5.41) is 11.2. The maximum Gasteiger partial charge on any atom is 0.306 e. The first-order valence-electron chi connectivity index (χ1n) is 11.1. The second-order valence-electron chi connectivity index (χ2n) is 8.76. The number of aliphatic carboxylic acids is 1. The van der Waals surface area contributed by atoms with E-state index in [1.54, 1.807) is 36.1 Å². The van der Waals surface area contributed by atoms with Gasteiger partial charge in [0, 0.05) is 24.7 Å². The first-order valence-corrected chi connectivity index (χ1v) is 13.0. The number of amides is 2. The lowest BCUT2D eigenvalue weighted by Crippen LogP contribution is -2.52. The molecule has 0 radical (unpaired) electrons. The summed E-state index contributed by atoms with van der Waals surface area (Å²) in [6, 6.07) is 8.07. The molecule has 182 valence electrons. The van der Waals surface area contributed by atoms with Crippen molar-refractivity contribution in [3.8, 4) is 0 Å². The largest absolute Gasteiger partial charge is 0.481 e. The number of halogens is 1. The van der Waals surface area contributed by atoms with Crippen LogP contribution in [0.4, 0.5) is 0 Å². The lowest BCUT2D eigenvalue weighted by molar-refractivity contribution is -0.148. The number of likely N-dealkylation sites (tertiary alicyclic amines) is 2. The van der Waals surface area contributed by atoms with Crippen LogP contribution in [0.2, 0.25) is 5.02 Å². The molecule has 9 nitrogen and oxygen atoms in total. The molecule has 0 bridgehead atoms. The van der Waals surface area contributed by atoms with Gasteiger partial charge in [-0.3, -0.25) is 14.4 Å². The van der Waals surface area contributed by atoms with E-state index in [1.807, 2.05) is 0 Å². The fourth-order valence-electron chi connectivity index (χ4n) is 4.56. The van der Waals surface area contributed by atoms with E-state index in [2.05, 4.69) is 4.72 Å². The van der Waals surface area contributed by atoms with E-state index >= 15 is 0 Å². The summed E-state index contributed by atoms with van der Waals surface area (Å²) < 4.78 is 28.4. The Morgan fingerprint density at radius 1 is 1.06 bits per heavy atom. The zero-order valence-electron chi connectivity index (χ0n) is 18.6. The third kappa shape index (κ3) is 4.89. The number of nitrogens with one attached hydrogen (secondary N) is 1. The molecule has 0 saturated carbocycles. The number of benzene rings is 2. The summed E-state index contributed by atoms with van der Waals surface area (Å²) >= 11 is 5.98. The number of fused-ring (bicyclic) bond motifs is 1. The highest BCUT2D eigenvalue weighted by molar-refractivity contribution is 7.89. The molecule has 0 aromatic heterocycles. The van der Waals surface area contributed by atoms with Crippen LogP contribution < -0.4 is 4.72 Å². The molecular weight excluding hydrogens is 482 g/mol. The van der Waals surface area contributed by atoms with Gasteiger partial charge in [-0.25, -0.2) is 8.42 Å². The number of sulfonamides is 1. The Morgan fingerprint density at radius 3 is 2.38 bits per heavy atom. The van der Waals surface area contributed by atoms with Crippen molar-refractivity contribution in [2.45, 2.75) is 43.2 Å². The summed E-state index contributed by atoms with van der Waals surface area (Å²) in [6.45, 7) is 2.52. The van der Waals surface area contributed by atoms with Crippen LogP contribution in [0.25, 0.3) is 10.8 Å². The number of hydrogen-bond acceptors (Lipinski definition) is 5. The van der Waals surface area contributed by atoms with Crippen LogP contribution in [0.15, 0.2) is 41.3 Å². The van der Waals surface area contributed by atoms with Crippen LogP contribution in [0, 0.1) is 5.92 Å². The van der Waals surface area contributed by atoms with Crippen LogP contribution in [-0.4, -0.2) is 72.8 Å². The van der Waals surface area contributed by atoms with Gasteiger partial charge in [-0.15, -0.1) is 0 Å². The Kier molecular flexibility index (Phi) is 6.84. The van der Waals surface area contributed by atoms with Crippen molar-refractivity contribution in [3.63, 3.8) is 0 Å². The fourth-order valence-corrected chi connectivity index (χ4v) is 6.00. The third-order valence-corrected chi connectivity index (χ3v) is 8.31. The molecule has 2 atom stereocenters. The van der Waals surface area contributed by atoms with E-state index in [1.165, 1.54) is 17.0 Å². The number of hydrogen-bond donors (Lipinski definition) is 2. The zero-order chi connectivity index (χ0) is 24.6. The van der Waals surface area contributed by atoms with Crippen molar-refractivity contribution >= 4 is 50.2 Å². The number of carboxylic acids is 1. The number of carbonyl (C=O) groups is 3. The molecule has 2 fully saturated rings. The molecule has 2 aliphatic rings. The highest BCUT2D eigenvalue weighted by Gasteiger charge is 2.40. The molecular formula is C23H26ClN3O6S. The van der Waals surface area contributed by atoms with Crippen LogP contribution in [0.5, 0.6) is 0 Å². The fraction of sp³-hybridized carbons (Fsp3) is 0.435. The molecule has 0 spiro atoms. The minimum atomic E-state index is -3.96. The van der Waals surface area contributed by atoms with Crippen molar-refractivity contribution in [2.24, 2.45) is 5.92 Å². The van der Waals surface area contributed by atoms with Gasteiger partial charge in [0.1, 0.15) is 12.1 Å². The number of nitrogens with zero attached hydrogens (tertiary/aromatic N) is 2. The van der Waals surface area contributed by atoms with Crippen LogP contribution in [0.3, 0.4) is 0 Å². The summed E-state index contributed by atoms with van der Waals surface area (Å²) in [7, 11) is -3.96.